The van der Waals surface area contributed by atoms with Crippen LogP contribution < -0.4 is 16.0 Å². The first kappa shape index (κ1) is 22.8. The fraction of sp³-hybridized carbons (Fsp3) is 0.217. The Labute approximate surface area is 204 Å². The van der Waals surface area contributed by atoms with E-state index in [-0.39, 0.29) is 19.0 Å². The van der Waals surface area contributed by atoms with Gasteiger partial charge in [0.2, 0.25) is 0 Å². The second-order valence-corrected chi connectivity index (χ2v) is 8.61. The van der Waals surface area contributed by atoms with E-state index in [4.69, 9.17) is 26.6 Å². The summed E-state index contributed by atoms with van der Waals surface area (Å²) in [7, 11) is 0. The Balaban J connectivity index is 1.34. The van der Waals surface area contributed by atoms with Crippen LogP contribution in [0.5, 0.6) is 0 Å². The van der Waals surface area contributed by atoms with Gasteiger partial charge in [0.1, 0.15) is 0 Å². The maximum Gasteiger partial charge on any atom is 0.263 e. The van der Waals surface area contributed by atoms with E-state index in [1.165, 1.54) is 17.9 Å². The first-order chi connectivity index (χ1) is 16.8. The number of hydrogen-bond acceptors (Lipinski definition) is 8. The van der Waals surface area contributed by atoms with Gasteiger partial charge < -0.3 is 25.4 Å². The molecule has 2 unspecified atom stereocenters. The number of nitrogens with two attached hydrogens (primary N) is 1. The van der Waals surface area contributed by atoms with Crippen molar-refractivity contribution in [1.82, 2.24) is 14.9 Å². The molecule has 12 heteroatoms. The Bertz CT molecular complexity index is 1420. The van der Waals surface area contributed by atoms with Crippen molar-refractivity contribution in [3.05, 3.63) is 59.8 Å². The predicted molar refractivity (Wildman–Crippen MR) is 128 cm³/mol. The summed E-state index contributed by atoms with van der Waals surface area (Å²) in [6, 6.07) is 13.5. The lowest BCUT2D eigenvalue weighted by atomic mass is 9.94. The third kappa shape index (κ3) is 4.09. The quantitative estimate of drug-likeness (QED) is 0.381. The zero-order valence-corrected chi connectivity index (χ0v) is 19.3. The molecule has 3 heterocycles. The molecule has 180 valence electrons. The first-order valence-electron chi connectivity index (χ1n) is 10.7. The first-order valence-corrected chi connectivity index (χ1v) is 11.1. The zero-order valence-electron chi connectivity index (χ0n) is 18.5. The van der Waals surface area contributed by atoms with Crippen LogP contribution in [-0.2, 0) is 14.3 Å². The Morgan fingerprint density at radius 1 is 1.26 bits per heavy atom. The molecule has 0 bridgehead atoms. The third-order valence-corrected chi connectivity index (χ3v) is 6.12. The van der Waals surface area contributed by atoms with Crippen molar-refractivity contribution in [2.75, 3.05) is 29.1 Å². The van der Waals surface area contributed by atoms with Gasteiger partial charge in [-0.3, -0.25) is 14.5 Å². The second kappa shape index (κ2) is 8.69. The van der Waals surface area contributed by atoms with E-state index in [1.807, 2.05) is 0 Å². The van der Waals surface area contributed by atoms with Crippen LogP contribution in [0.1, 0.15) is 6.92 Å². The van der Waals surface area contributed by atoms with Gasteiger partial charge in [0.15, 0.2) is 28.9 Å². The number of aromatic nitrogens is 3. The Morgan fingerprint density at radius 3 is 2.80 bits per heavy atom. The number of carbonyl (C=O) groups excluding carboxylic acids is 2. The lowest BCUT2D eigenvalue weighted by Gasteiger charge is -2.40. The number of nitrogen functional groups attached to an aromatic ring is 1. The lowest BCUT2D eigenvalue weighted by molar-refractivity contribution is -0.170. The molecule has 2 aromatic carbocycles. The summed E-state index contributed by atoms with van der Waals surface area (Å²) in [6.07, 6.45) is -0.0968. The number of ether oxygens (including phenoxy) is 1. The molecular formula is C23H21ClN6O5. The van der Waals surface area contributed by atoms with Gasteiger partial charge in [-0.2, -0.15) is 0 Å². The predicted octanol–water partition coefficient (Wildman–Crippen LogP) is 2.37. The minimum atomic E-state index is -1.83. The molecule has 2 atom stereocenters. The third-order valence-electron chi connectivity index (χ3n) is 5.87. The number of carbonyl (C=O) groups is 2. The van der Waals surface area contributed by atoms with Crippen molar-refractivity contribution in [1.29, 1.82) is 0 Å². The summed E-state index contributed by atoms with van der Waals surface area (Å²) in [5.41, 5.74) is 5.34. The number of nitrogens with zero attached hydrogens (tertiary/aromatic N) is 4. The summed E-state index contributed by atoms with van der Waals surface area (Å²) in [4.78, 5) is 27.6. The molecule has 5 rings (SSSR count). The lowest BCUT2D eigenvalue weighted by Crippen LogP contribution is -2.63. The largest absolute Gasteiger partial charge is 0.380 e. The van der Waals surface area contributed by atoms with Crippen molar-refractivity contribution >= 4 is 51.7 Å². The molecule has 1 fully saturated rings. The van der Waals surface area contributed by atoms with Crippen LogP contribution in [0.2, 0.25) is 5.02 Å². The Morgan fingerprint density at radius 2 is 2.03 bits per heavy atom. The molecule has 4 aromatic rings. The monoisotopic (exact) mass is 496 g/mol. The molecule has 0 spiro atoms. The number of amides is 2. The van der Waals surface area contributed by atoms with Gasteiger partial charge in [-0.1, -0.05) is 16.8 Å². The number of rotatable bonds is 5. The van der Waals surface area contributed by atoms with E-state index < -0.39 is 23.5 Å². The molecule has 1 aliphatic heterocycles. The van der Waals surface area contributed by atoms with E-state index in [1.54, 1.807) is 53.3 Å². The summed E-state index contributed by atoms with van der Waals surface area (Å²) in [5.74, 6) is -0.821. The van der Waals surface area contributed by atoms with E-state index >= 15 is 0 Å². The standard InChI is InChI=1S/C23H21ClN6O5/c1-23(19(31)21(32)26-14-4-7-16-17(12-14)35-28-20(16)25)22(33)29(10-11-34-23)18-8-9-30(27-18)15-5-2-13(24)3-6-15/h2-9,12,19,31H,10-11H2,1H3,(H2,25,28)(H,26,32). The van der Waals surface area contributed by atoms with Crippen LogP contribution in [0.15, 0.2) is 59.3 Å². The maximum atomic E-state index is 13.4. The molecule has 1 aliphatic rings. The Kier molecular flexibility index (Phi) is 5.67. The highest BCUT2D eigenvalue weighted by Gasteiger charge is 2.51. The number of benzene rings is 2. The van der Waals surface area contributed by atoms with E-state index in [0.29, 0.717) is 27.5 Å². The van der Waals surface area contributed by atoms with E-state index in [0.717, 1.165) is 5.69 Å². The summed E-state index contributed by atoms with van der Waals surface area (Å²) < 4.78 is 12.3. The SMILES string of the molecule is CC1(C(O)C(=O)Nc2ccc3c(N)noc3c2)OCCN(c2ccn(-c3ccc(Cl)cc3)n2)C1=O. The number of aliphatic hydroxyl groups excluding tert-OH is 1. The van der Waals surface area contributed by atoms with Crippen LogP contribution in [0.3, 0.4) is 0 Å². The molecule has 4 N–H and O–H groups in total. The van der Waals surface area contributed by atoms with Crippen molar-refractivity contribution in [3.63, 3.8) is 0 Å². The zero-order chi connectivity index (χ0) is 24.7. The van der Waals surface area contributed by atoms with Crippen molar-refractivity contribution in [2.24, 2.45) is 0 Å². The maximum absolute atomic E-state index is 13.4. The molecule has 35 heavy (non-hydrogen) atoms. The Hall–Kier alpha value is -3.93. The molecule has 0 aliphatic carbocycles. The van der Waals surface area contributed by atoms with Crippen LogP contribution in [0.4, 0.5) is 17.3 Å². The number of anilines is 3. The highest BCUT2D eigenvalue weighted by Crippen LogP contribution is 2.29. The molecule has 0 radical (unpaired) electrons. The second-order valence-electron chi connectivity index (χ2n) is 8.18. The highest BCUT2D eigenvalue weighted by molar-refractivity contribution is 6.30. The minimum Gasteiger partial charge on any atom is -0.380 e. The number of fused-ring (bicyclic) bond motifs is 1. The van der Waals surface area contributed by atoms with Crippen LogP contribution in [0, 0.1) is 0 Å². The average molecular weight is 497 g/mol. The number of aliphatic hydroxyl groups is 1. The minimum absolute atomic E-state index is 0.101. The summed E-state index contributed by atoms with van der Waals surface area (Å²) in [6.45, 7) is 1.69. The van der Waals surface area contributed by atoms with Gasteiger partial charge in [0.05, 0.1) is 24.2 Å². The number of halogens is 1. The molecule has 1 saturated heterocycles. The summed E-state index contributed by atoms with van der Waals surface area (Å²) in [5, 5.41) is 22.7. The van der Waals surface area contributed by atoms with Crippen LogP contribution in [-0.4, -0.2) is 56.7 Å². The van der Waals surface area contributed by atoms with Crippen molar-refractivity contribution < 1.29 is 24.0 Å². The van der Waals surface area contributed by atoms with E-state index in [9.17, 15) is 14.7 Å². The van der Waals surface area contributed by atoms with Gasteiger partial charge in [-0.05, 0) is 43.3 Å². The van der Waals surface area contributed by atoms with E-state index in [2.05, 4.69) is 15.6 Å². The molecular weight excluding hydrogens is 476 g/mol. The molecule has 2 amide bonds. The smallest absolute Gasteiger partial charge is 0.263 e. The molecule has 0 saturated carbocycles. The molecule has 2 aromatic heterocycles. The van der Waals surface area contributed by atoms with Gasteiger partial charge in [0, 0.05) is 29.0 Å². The van der Waals surface area contributed by atoms with Crippen LogP contribution in [0.25, 0.3) is 16.7 Å². The number of nitrogens with one attached hydrogen (secondary N) is 1. The van der Waals surface area contributed by atoms with Crippen LogP contribution >= 0.6 is 11.6 Å². The molecule has 11 nitrogen and oxygen atoms in total. The summed E-state index contributed by atoms with van der Waals surface area (Å²) >= 11 is 5.94. The number of morpholine rings is 1. The van der Waals surface area contributed by atoms with Gasteiger partial charge in [-0.25, -0.2) is 4.68 Å². The fourth-order valence-electron chi connectivity index (χ4n) is 3.89. The van der Waals surface area contributed by atoms with Crippen molar-refractivity contribution in [2.45, 2.75) is 18.6 Å². The topological polar surface area (TPSA) is 149 Å². The fourth-order valence-corrected chi connectivity index (χ4v) is 4.01. The normalized spacial score (nSPS) is 19.2. The highest BCUT2D eigenvalue weighted by atomic mass is 35.5. The van der Waals surface area contributed by atoms with Crippen molar-refractivity contribution in [3.8, 4) is 5.69 Å². The van der Waals surface area contributed by atoms with Gasteiger partial charge >= 0.3 is 0 Å². The average Bonchev–Trinajstić information content (AvgIpc) is 3.48. The van der Waals surface area contributed by atoms with Gasteiger partial charge in [0.25, 0.3) is 11.8 Å². The van der Waals surface area contributed by atoms with Gasteiger partial charge in [-0.15, -0.1) is 5.10 Å². The number of hydrogen-bond donors (Lipinski definition) is 3.